The first-order valence-corrected chi connectivity index (χ1v) is 14.3. The second kappa shape index (κ2) is 12.4. The van der Waals surface area contributed by atoms with Gasteiger partial charge in [0.15, 0.2) is 6.10 Å². The standard InChI is InChI=1S/C20H23NO4.C7H18S/c22-19(20(23)25-15-17-4-2-1-3-5-17)14-16-6-8-18(9-7-16)21-10-12-24-13-11-21;1-7(2,3)8(4,5)6/h1-9,19,22H,10-15H2;1-6H3. The molecule has 5 nitrogen and oxygen atoms in total. The largest absolute Gasteiger partial charge is 0.459 e. The van der Waals surface area contributed by atoms with Crippen LogP contribution in [0.25, 0.3) is 0 Å². The molecule has 184 valence electrons. The number of anilines is 1. The number of benzene rings is 2. The molecule has 1 unspecified atom stereocenters. The monoisotopic (exact) mass is 475 g/mol. The smallest absolute Gasteiger partial charge is 0.335 e. The summed E-state index contributed by atoms with van der Waals surface area (Å²) in [5.74, 6) is -0.596. The van der Waals surface area contributed by atoms with Gasteiger partial charge in [0.25, 0.3) is 0 Å². The normalized spacial score (nSPS) is 15.8. The minimum atomic E-state index is -1.15. The van der Waals surface area contributed by atoms with Gasteiger partial charge in [0.1, 0.15) is 6.61 Å². The molecular formula is C27H41NO4S. The summed E-state index contributed by atoms with van der Waals surface area (Å²) in [6, 6.07) is 17.3. The van der Waals surface area contributed by atoms with E-state index in [1.54, 1.807) is 0 Å². The molecule has 2 aromatic carbocycles. The fourth-order valence-corrected chi connectivity index (χ4v) is 2.80. The van der Waals surface area contributed by atoms with Gasteiger partial charge in [0.2, 0.25) is 0 Å². The maximum absolute atomic E-state index is 11.9. The fourth-order valence-electron chi connectivity index (χ4n) is 2.80. The highest BCUT2D eigenvalue weighted by Gasteiger charge is 2.22. The summed E-state index contributed by atoms with van der Waals surface area (Å²) in [4.78, 5) is 14.2. The van der Waals surface area contributed by atoms with E-state index in [0.29, 0.717) is 4.75 Å². The Balaban J connectivity index is 0.000000414. The molecule has 0 radical (unpaired) electrons. The number of esters is 1. The third-order valence-electron chi connectivity index (χ3n) is 6.07. The highest BCUT2D eigenvalue weighted by molar-refractivity contribution is 8.33. The van der Waals surface area contributed by atoms with Crippen LogP contribution in [-0.2, 0) is 27.3 Å². The van der Waals surface area contributed by atoms with Crippen molar-refractivity contribution >= 4 is 21.7 Å². The van der Waals surface area contributed by atoms with Crippen LogP contribution in [0.15, 0.2) is 54.6 Å². The molecule has 0 aliphatic carbocycles. The Bertz CT molecular complexity index is 823. The van der Waals surface area contributed by atoms with Gasteiger partial charge in [-0.1, -0.05) is 63.2 Å². The molecule has 0 aromatic heterocycles. The third-order valence-corrected chi connectivity index (χ3v) is 9.75. The van der Waals surface area contributed by atoms with Crippen LogP contribution >= 0.6 is 10.0 Å². The Morgan fingerprint density at radius 1 is 1.00 bits per heavy atom. The van der Waals surface area contributed by atoms with E-state index < -0.39 is 12.1 Å². The molecule has 0 spiro atoms. The van der Waals surface area contributed by atoms with Crippen LogP contribution in [0.4, 0.5) is 5.69 Å². The molecule has 0 saturated carbocycles. The van der Waals surface area contributed by atoms with Crippen LogP contribution < -0.4 is 4.90 Å². The zero-order chi connectivity index (χ0) is 24.5. The molecule has 1 saturated heterocycles. The maximum atomic E-state index is 11.9. The average Bonchev–Trinajstić information content (AvgIpc) is 2.78. The summed E-state index contributed by atoms with van der Waals surface area (Å²) >= 11 is 0. The number of aliphatic hydroxyl groups is 1. The van der Waals surface area contributed by atoms with Gasteiger partial charge in [0, 0.05) is 25.2 Å². The van der Waals surface area contributed by atoms with E-state index in [4.69, 9.17) is 9.47 Å². The SMILES string of the molecule is CC(C)(C)S(C)(C)C.O=C(OCc1ccccc1)C(O)Cc1ccc(N2CCOCC2)cc1. The molecule has 6 heteroatoms. The van der Waals surface area contributed by atoms with E-state index in [-0.39, 0.29) is 23.1 Å². The summed E-state index contributed by atoms with van der Waals surface area (Å²) < 4.78 is 11.0. The van der Waals surface area contributed by atoms with E-state index in [1.807, 2.05) is 54.6 Å². The van der Waals surface area contributed by atoms with Crippen molar-refractivity contribution in [2.75, 3.05) is 50.0 Å². The molecule has 0 amide bonds. The summed E-state index contributed by atoms with van der Waals surface area (Å²) in [7, 11) is -0.340. The van der Waals surface area contributed by atoms with Crippen molar-refractivity contribution < 1.29 is 19.4 Å². The Labute approximate surface area is 201 Å². The predicted molar refractivity (Wildman–Crippen MR) is 141 cm³/mol. The van der Waals surface area contributed by atoms with Crippen molar-refractivity contribution in [1.29, 1.82) is 0 Å². The minimum Gasteiger partial charge on any atom is -0.459 e. The van der Waals surface area contributed by atoms with E-state index in [1.165, 1.54) is 0 Å². The Morgan fingerprint density at radius 3 is 2.06 bits per heavy atom. The first-order chi connectivity index (χ1) is 15.5. The van der Waals surface area contributed by atoms with Crippen molar-refractivity contribution in [2.45, 2.75) is 44.6 Å². The van der Waals surface area contributed by atoms with Gasteiger partial charge < -0.3 is 19.5 Å². The number of morpholine rings is 1. The number of hydrogen-bond donors (Lipinski definition) is 1. The van der Waals surface area contributed by atoms with Crippen molar-refractivity contribution in [2.24, 2.45) is 0 Å². The van der Waals surface area contributed by atoms with Crippen molar-refractivity contribution in [3.8, 4) is 0 Å². The molecular weight excluding hydrogens is 434 g/mol. The van der Waals surface area contributed by atoms with Crippen LogP contribution in [0.2, 0.25) is 0 Å². The maximum Gasteiger partial charge on any atom is 0.335 e. The first-order valence-electron chi connectivity index (χ1n) is 11.5. The van der Waals surface area contributed by atoms with Crippen LogP contribution in [0, 0.1) is 0 Å². The molecule has 1 N–H and O–H groups in total. The van der Waals surface area contributed by atoms with Gasteiger partial charge in [0.05, 0.1) is 13.2 Å². The molecule has 1 heterocycles. The quantitative estimate of drug-likeness (QED) is 0.617. The van der Waals surface area contributed by atoms with Crippen molar-refractivity contribution in [3.63, 3.8) is 0 Å². The Morgan fingerprint density at radius 2 is 1.55 bits per heavy atom. The summed E-state index contributed by atoms with van der Waals surface area (Å²) in [5, 5.41) is 10.1. The number of ether oxygens (including phenoxy) is 2. The number of carbonyl (C=O) groups is 1. The van der Waals surface area contributed by atoms with Crippen LogP contribution in [0.3, 0.4) is 0 Å². The van der Waals surface area contributed by atoms with Gasteiger partial charge in [-0.3, -0.25) is 0 Å². The predicted octanol–water partition coefficient (Wildman–Crippen LogP) is 4.65. The molecule has 1 aliphatic rings. The molecule has 1 fully saturated rings. The Hall–Kier alpha value is -2.02. The molecule has 1 aliphatic heterocycles. The topological polar surface area (TPSA) is 59.0 Å². The number of rotatable bonds is 6. The van der Waals surface area contributed by atoms with Crippen molar-refractivity contribution in [1.82, 2.24) is 0 Å². The summed E-state index contributed by atoms with van der Waals surface area (Å²) in [6.07, 6.45) is 6.15. The van der Waals surface area contributed by atoms with Crippen LogP contribution in [0.5, 0.6) is 0 Å². The van der Waals surface area contributed by atoms with E-state index in [0.717, 1.165) is 43.1 Å². The van der Waals surface area contributed by atoms with E-state index in [2.05, 4.69) is 44.4 Å². The number of aliphatic hydroxyl groups excluding tert-OH is 1. The lowest BCUT2D eigenvalue weighted by molar-refractivity contribution is -0.154. The molecule has 0 bridgehead atoms. The zero-order valence-electron chi connectivity index (χ0n) is 21.0. The van der Waals surface area contributed by atoms with Gasteiger partial charge in [-0.2, -0.15) is 0 Å². The van der Waals surface area contributed by atoms with Gasteiger partial charge >= 0.3 is 5.97 Å². The van der Waals surface area contributed by atoms with Crippen molar-refractivity contribution in [3.05, 3.63) is 65.7 Å². The van der Waals surface area contributed by atoms with E-state index >= 15 is 0 Å². The molecule has 33 heavy (non-hydrogen) atoms. The zero-order valence-corrected chi connectivity index (χ0v) is 21.9. The van der Waals surface area contributed by atoms with E-state index in [9.17, 15) is 9.90 Å². The van der Waals surface area contributed by atoms with Crippen LogP contribution in [-0.4, -0.2) is 67.0 Å². The molecule has 2 aromatic rings. The second-order valence-corrected chi connectivity index (χ2v) is 14.9. The lowest BCUT2D eigenvalue weighted by Gasteiger charge is -2.40. The Kier molecular flexibility index (Phi) is 10.3. The second-order valence-electron chi connectivity index (χ2n) is 10.0. The lowest BCUT2D eigenvalue weighted by atomic mass is 10.1. The summed E-state index contributed by atoms with van der Waals surface area (Å²) in [6.45, 7) is 10.3. The first kappa shape index (κ1) is 27.2. The van der Waals surface area contributed by atoms with Gasteiger partial charge in [-0.15, -0.1) is 0 Å². The highest BCUT2D eigenvalue weighted by Crippen LogP contribution is 2.48. The fraction of sp³-hybridized carbons (Fsp3) is 0.519. The van der Waals surface area contributed by atoms with Gasteiger partial charge in [-0.05, 0) is 46.8 Å². The highest BCUT2D eigenvalue weighted by atomic mass is 32.3. The minimum absolute atomic E-state index is 0.173. The average molecular weight is 476 g/mol. The van der Waals surface area contributed by atoms with Gasteiger partial charge in [-0.25, -0.2) is 14.8 Å². The van der Waals surface area contributed by atoms with Crippen LogP contribution in [0.1, 0.15) is 31.9 Å². The number of nitrogens with zero attached hydrogens (tertiary/aromatic N) is 1. The number of hydrogen-bond acceptors (Lipinski definition) is 5. The number of carbonyl (C=O) groups excluding carboxylic acids is 1. The molecule has 1 atom stereocenters. The molecule has 3 rings (SSSR count). The lowest BCUT2D eigenvalue weighted by Crippen LogP contribution is -2.36. The third kappa shape index (κ3) is 9.40. The summed E-state index contributed by atoms with van der Waals surface area (Å²) in [5.41, 5.74) is 2.94.